The minimum Gasteiger partial charge on any atom is -0.252 e. The van der Waals surface area contributed by atoms with E-state index in [2.05, 4.69) is 66.9 Å². The molecule has 0 atom stereocenters. The lowest BCUT2D eigenvalue weighted by atomic mass is 10.0. The standard InChI is InChI=1S/C20H22N8/c1-3-4-7-18-22-14(2)25-28(18)13-15-8-10-16(11-9-15)17-6-5-12-21-19(17)20-23-26-27-24-20/h5-6,8-12H,3-4,7,13H2,1-2H3,(H,23,24,26,27). The number of pyridine rings is 1. The Labute approximate surface area is 163 Å². The zero-order valence-electron chi connectivity index (χ0n) is 16.0. The highest BCUT2D eigenvalue weighted by atomic mass is 15.5. The fourth-order valence-corrected chi connectivity index (χ4v) is 3.19. The lowest BCUT2D eigenvalue weighted by molar-refractivity contribution is 0.616. The molecule has 8 heteroatoms. The molecule has 142 valence electrons. The molecule has 1 aromatic carbocycles. The monoisotopic (exact) mass is 374 g/mol. The first-order valence-corrected chi connectivity index (χ1v) is 9.43. The Morgan fingerprint density at radius 1 is 1.11 bits per heavy atom. The first kappa shape index (κ1) is 18.0. The van der Waals surface area contributed by atoms with Crippen LogP contribution in [0.2, 0.25) is 0 Å². The molecule has 0 saturated carbocycles. The van der Waals surface area contributed by atoms with Gasteiger partial charge in [-0.2, -0.15) is 5.10 Å². The molecule has 3 aromatic heterocycles. The van der Waals surface area contributed by atoms with E-state index in [-0.39, 0.29) is 0 Å². The normalized spacial score (nSPS) is 11.1. The van der Waals surface area contributed by atoms with Gasteiger partial charge in [0.05, 0.1) is 6.54 Å². The number of aryl methyl sites for hydroxylation is 2. The van der Waals surface area contributed by atoms with E-state index in [1.54, 1.807) is 6.20 Å². The maximum absolute atomic E-state index is 4.57. The highest BCUT2D eigenvalue weighted by molar-refractivity contribution is 5.77. The third-order valence-corrected chi connectivity index (χ3v) is 4.58. The molecule has 0 amide bonds. The highest BCUT2D eigenvalue weighted by Gasteiger charge is 2.12. The third kappa shape index (κ3) is 3.80. The van der Waals surface area contributed by atoms with Crippen LogP contribution in [0.25, 0.3) is 22.6 Å². The van der Waals surface area contributed by atoms with Crippen molar-refractivity contribution in [1.29, 1.82) is 0 Å². The summed E-state index contributed by atoms with van der Waals surface area (Å²) in [4.78, 5) is 9.01. The first-order chi connectivity index (χ1) is 13.7. The highest BCUT2D eigenvalue weighted by Crippen LogP contribution is 2.28. The maximum atomic E-state index is 4.57. The number of rotatable bonds is 7. The van der Waals surface area contributed by atoms with Crippen molar-refractivity contribution in [2.45, 2.75) is 39.7 Å². The Morgan fingerprint density at radius 2 is 1.96 bits per heavy atom. The molecule has 0 saturated heterocycles. The largest absolute Gasteiger partial charge is 0.252 e. The molecule has 28 heavy (non-hydrogen) atoms. The van der Waals surface area contributed by atoms with Gasteiger partial charge in [0.2, 0.25) is 0 Å². The second kappa shape index (κ2) is 8.08. The van der Waals surface area contributed by atoms with Gasteiger partial charge >= 0.3 is 0 Å². The number of nitrogens with zero attached hydrogens (tertiary/aromatic N) is 7. The summed E-state index contributed by atoms with van der Waals surface area (Å²) < 4.78 is 2.01. The molecule has 0 radical (unpaired) electrons. The Balaban J connectivity index is 1.58. The fraction of sp³-hybridized carbons (Fsp3) is 0.300. The van der Waals surface area contributed by atoms with E-state index in [0.717, 1.165) is 47.7 Å². The van der Waals surface area contributed by atoms with Crippen LogP contribution < -0.4 is 0 Å². The predicted octanol–water partition coefficient (Wildman–Crippen LogP) is 3.22. The van der Waals surface area contributed by atoms with Crippen molar-refractivity contribution in [3.8, 4) is 22.6 Å². The number of tetrazole rings is 1. The number of benzene rings is 1. The van der Waals surface area contributed by atoms with Crippen LogP contribution in [-0.4, -0.2) is 40.4 Å². The molecule has 0 aliphatic carbocycles. The van der Waals surface area contributed by atoms with Gasteiger partial charge in [0, 0.05) is 18.2 Å². The third-order valence-electron chi connectivity index (χ3n) is 4.58. The number of hydrogen-bond donors (Lipinski definition) is 1. The molecule has 4 rings (SSSR count). The van der Waals surface area contributed by atoms with Gasteiger partial charge in [-0.3, -0.25) is 4.98 Å². The van der Waals surface area contributed by atoms with E-state index in [1.165, 1.54) is 5.56 Å². The van der Waals surface area contributed by atoms with Gasteiger partial charge in [-0.1, -0.05) is 43.7 Å². The molecule has 0 spiro atoms. The summed E-state index contributed by atoms with van der Waals surface area (Å²) in [6, 6.07) is 12.3. The SMILES string of the molecule is CCCCc1nc(C)nn1Cc1ccc(-c2cccnc2-c2nnn[nH]2)cc1. The number of aromatic nitrogens is 8. The van der Waals surface area contributed by atoms with Crippen molar-refractivity contribution in [2.24, 2.45) is 0 Å². The number of hydrogen-bond acceptors (Lipinski definition) is 6. The van der Waals surface area contributed by atoms with Crippen LogP contribution in [0, 0.1) is 6.92 Å². The van der Waals surface area contributed by atoms with E-state index in [9.17, 15) is 0 Å². The van der Waals surface area contributed by atoms with Crippen molar-refractivity contribution in [1.82, 2.24) is 40.4 Å². The Kier molecular flexibility index (Phi) is 5.18. The predicted molar refractivity (Wildman–Crippen MR) is 105 cm³/mol. The molecular weight excluding hydrogens is 352 g/mol. The van der Waals surface area contributed by atoms with Crippen molar-refractivity contribution < 1.29 is 0 Å². The smallest absolute Gasteiger partial charge is 0.198 e. The number of unbranched alkanes of at least 4 members (excludes halogenated alkanes) is 1. The summed E-state index contributed by atoms with van der Waals surface area (Å²) in [7, 11) is 0. The van der Waals surface area contributed by atoms with Gasteiger partial charge in [-0.25, -0.2) is 14.8 Å². The van der Waals surface area contributed by atoms with Gasteiger partial charge in [0.1, 0.15) is 17.3 Å². The summed E-state index contributed by atoms with van der Waals surface area (Å²) in [5.41, 5.74) is 3.95. The van der Waals surface area contributed by atoms with Gasteiger partial charge in [0.15, 0.2) is 5.82 Å². The molecule has 8 nitrogen and oxygen atoms in total. The Morgan fingerprint density at radius 3 is 2.71 bits per heavy atom. The van der Waals surface area contributed by atoms with Crippen LogP contribution in [0.3, 0.4) is 0 Å². The Bertz CT molecular complexity index is 1030. The van der Waals surface area contributed by atoms with Crippen LogP contribution in [0.1, 0.15) is 37.0 Å². The molecule has 0 aliphatic rings. The fourth-order valence-electron chi connectivity index (χ4n) is 3.19. The van der Waals surface area contributed by atoms with Gasteiger partial charge in [-0.15, -0.1) is 5.10 Å². The minimum atomic E-state index is 0.554. The molecule has 4 aromatic rings. The van der Waals surface area contributed by atoms with Crippen LogP contribution in [0.4, 0.5) is 0 Å². The number of nitrogens with one attached hydrogen (secondary N) is 1. The molecule has 0 unspecified atom stereocenters. The van der Waals surface area contributed by atoms with Crippen LogP contribution in [-0.2, 0) is 13.0 Å². The van der Waals surface area contributed by atoms with E-state index < -0.39 is 0 Å². The lowest BCUT2D eigenvalue weighted by Crippen LogP contribution is -2.07. The van der Waals surface area contributed by atoms with E-state index in [0.29, 0.717) is 12.4 Å². The van der Waals surface area contributed by atoms with Crippen molar-refractivity contribution in [3.63, 3.8) is 0 Å². The summed E-state index contributed by atoms with van der Waals surface area (Å²) in [5.74, 6) is 2.43. The topological polar surface area (TPSA) is 98.1 Å². The maximum Gasteiger partial charge on any atom is 0.198 e. The molecule has 0 bridgehead atoms. The van der Waals surface area contributed by atoms with E-state index in [1.807, 2.05) is 23.7 Å². The van der Waals surface area contributed by atoms with Crippen molar-refractivity contribution >= 4 is 0 Å². The molecule has 3 heterocycles. The summed E-state index contributed by atoms with van der Waals surface area (Å²) in [5, 5.41) is 18.6. The average molecular weight is 374 g/mol. The molecule has 1 N–H and O–H groups in total. The minimum absolute atomic E-state index is 0.554. The summed E-state index contributed by atoms with van der Waals surface area (Å²) in [6.07, 6.45) is 4.96. The zero-order valence-corrected chi connectivity index (χ0v) is 16.0. The lowest BCUT2D eigenvalue weighted by Gasteiger charge is -2.09. The van der Waals surface area contributed by atoms with Crippen LogP contribution in [0.15, 0.2) is 42.6 Å². The average Bonchev–Trinajstić information content (AvgIpc) is 3.37. The number of aromatic amines is 1. The van der Waals surface area contributed by atoms with Crippen LogP contribution >= 0.6 is 0 Å². The van der Waals surface area contributed by atoms with E-state index in [4.69, 9.17) is 0 Å². The van der Waals surface area contributed by atoms with Crippen molar-refractivity contribution in [3.05, 3.63) is 59.8 Å². The van der Waals surface area contributed by atoms with Gasteiger partial charge in [0.25, 0.3) is 0 Å². The van der Waals surface area contributed by atoms with E-state index >= 15 is 0 Å². The van der Waals surface area contributed by atoms with Gasteiger partial charge in [-0.05, 0) is 41.0 Å². The van der Waals surface area contributed by atoms with Gasteiger partial charge < -0.3 is 0 Å². The molecule has 0 fully saturated rings. The molecule has 0 aliphatic heterocycles. The quantitative estimate of drug-likeness (QED) is 0.533. The zero-order chi connectivity index (χ0) is 19.3. The molecular formula is C20H22N8. The second-order valence-electron chi connectivity index (χ2n) is 6.68. The number of H-pyrrole nitrogens is 1. The summed E-state index contributed by atoms with van der Waals surface area (Å²) >= 11 is 0. The van der Waals surface area contributed by atoms with Crippen molar-refractivity contribution in [2.75, 3.05) is 0 Å². The van der Waals surface area contributed by atoms with Crippen LogP contribution in [0.5, 0.6) is 0 Å². The second-order valence-corrected chi connectivity index (χ2v) is 6.68. The first-order valence-electron chi connectivity index (χ1n) is 9.43. The Hall–Kier alpha value is -3.42. The summed E-state index contributed by atoms with van der Waals surface area (Å²) in [6.45, 7) is 4.84.